The highest BCUT2D eigenvalue weighted by molar-refractivity contribution is 5.78. The Balaban J connectivity index is 2.78. The minimum absolute atomic E-state index is 0.0843. The van der Waals surface area contributed by atoms with Crippen molar-refractivity contribution in [3.63, 3.8) is 0 Å². The van der Waals surface area contributed by atoms with Crippen LogP contribution < -0.4 is 0 Å². The number of benzene rings is 1. The summed E-state index contributed by atoms with van der Waals surface area (Å²) in [5, 5.41) is 0. The van der Waals surface area contributed by atoms with Crippen LogP contribution in [0.25, 0.3) is 0 Å². The zero-order chi connectivity index (χ0) is 14.0. The van der Waals surface area contributed by atoms with Crippen molar-refractivity contribution in [3.8, 4) is 0 Å². The molecule has 18 heavy (non-hydrogen) atoms. The normalized spacial score (nSPS) is 14.1. The number of carbonyl (C=O) groups excluding carboxylic acids is 1. The fourth-order valence-corrected chi connectivity index (χ4v) is 1.37. The van der Waals surface area contributed by atoms with E-state index in [-0.39, 0.29) is 17.3 Å². The zero-order valence-corrected chi connectivity index (χ0v) is 12.3. The fraction of sp³-hybridized carbons (Fsp3) is 0.562. The molecule has 0 aliphatic heterocycles. The summed E-state index contributed by atoms with van der Waals surface area (Å²) in [6.07, 6.45) is 0. The molecule has 0 heterocycles. The smallest absolute Gasteiger partial charge is 0.313 e. The van der Waals surface area contributed by atoms with Gasteiger partial charge in [-0.1, -0.05) is 51.1 Å². The molecule has 0 spiro atoms. The third-order valence-electron chi connectivity index (χ3n) is 3.82. The van der Waals surface area contributed by atoms with Crippen LogP contribution in [0.4, 0.5) is 0 Å². The van der Waals surface area contributed by atoms with Gasteiger partial charge >= 0.3 is 5.97 Å². The molecule has 2 nitrogen and oxygen atoms in total. The number of hydrogen-bond donors (Lipinski definition) is 0. The first-order valence-corrected chi connectivity index (χ1v) is 6.43. The van der Waals surface area contributed by atoms with Crippen LogP contribution in [-0.4, -0.2) is 11.6 Å². The molecular weight excluding hydrogens is 224 g/mol. The molecule has 1 atom stereocenters. The first-order valence-electron chi connectivity index (χ1n) is 6.43. The van der Waals surface area contributed by atoms with E-state index in [0.29, 0.717) is 0 Å². The second kappa shape index (κ2) is 5.13. The Labute approximate surface area is 110 Å². The van der Waals surface area contributed by atoms with Gasteiger partial charge in [-0.25, -0.2) is 0 Å². The van der Waals surface area contributed by atoms with E-state index in [1.807, 2.05) is 51.1 Å². The fourth-order valence-electron chi connectivity index (χ4n) is 1.37. The minimum atomic E-state index is -0.479. The number of esters is 1. The van der Waals surface area contributed by atoms with Gasteiger partial charge in [0.2, 0.25) is 0 Å². The molecule has 1 aromatic rings. The minimum Gasteiger partial charge on any atom is -0.459 e. The number of rotatable bonds is 3. The maximum atomic E-state index is 12.2. The van der Waals surface area contributed by atoms with Gasteiger partial charge in [-0.05, 0) is 26.3 Å². The maximum absolute atomic E-state index is 12.2. The summed E-state index contributed by atoms with van der Waals surface area (Å²) in [6.45, 7) is 12.0. The summed E-state index contributed by atoms with van der Waals surface area (Å²) in [6, 6.07) is 9.73. The van der Waals surface area contributed by atoms with Gasteiger partial charge in [0, 0.05) is 5.41 Å². The molecule has 0 aliphatic carbocycles. The van der Waals surface area contributed by atoms with Crippen molar-refractivity contribution in [2.24, 2.45) is 5.41 Å². The average molecular weight is 248 g/mol. The van der Waals surface area contributed by atoms with Gasteiger partial charge in [0.15, 0.2) is 0 Å². The molecule has 1 aromatic carbocycles. The molecule has 0 unspecified atom stereocenters. The molecule has 0 saturated carbocycles. The highest BCUT2D eigenvalue weighted by Crippen LogP contribution is 2.34. The topological polar surface area (TPSA) is 26.3 Å². The molecule has 0 amide bonds. The van der Waals surface area contributed by atoms with Crippen LogP contribution in [0.5, 0.6) is 0 Å². The third kappa shape index (κ3) is 3.34. The van der Waals surface area contributed by atoms with Crippen molar-refractivity contribution < 1.29 is 9.53 Å². The number of hydrogen-bond acceptors (Lipinski definition) is 2. The van der Waals surface area contributed by atoms with Crippen LogP contribution >= 0.6 is 0 Å². The summed E-state index contributed by atoms with van der Waals surface area (Å²) >= 11 is 0. The number of ether oxygens (including phenoxy) is 1. The largest absolute Gasteiger partial charge is 0.459 e. The Morgan fingerprint density at radius 3 is 2.00 bits per heavy atom. The zero-order valence-electron chi connectivity index (χ0n) is 12.3. The first-order chi connectivity index (χ1) is 8.15. The molecule has 0 N–H and O–H groups in total. The van der Waals surface area contributed by atoms with Crippen molar-refractivity contribution in [1.82, 2.24) is 0 Å². The lowest BCUT2D eigenvalue weighted by Crippen LogP contribution is -2.42. The molecule has 0 bridgehead atoms. The van der Waals surface area contributed by atoms with Crippen LogP contribution in [-0.2, 0) is 9.53 Å². The molecule has 1 rings (SSSR count). The molecular formula is C16H24O2. The quantitative estimate of drug-likeness (QED) is 0.751. The van der Waals surface area contributed by atoms with Crippen molar-refractivity contribution in [2.75, 3.05) is 0 Å². The van der Waals surface area contributed by atoms with E-state index in [0.717, 1.165) is 5.56 Å². The molecule has 2 heteroatoms. The van der Waals surface area contributed by atoms with Gasteiger partial charge in [0.25, 0.3) is 0 Å². The standard InChI is InChI=1S/C16H24O2/c1-12(13-10-8-7-9-11-13)14(17)18-16(5,6)15(2,3)4/h7-12H,1-6H3/t12-/m0/s1. The van der Waals surface area contributed by atoms with Crippen LogP contribution in [0.3, 0.4) is 0 Å². The van der Waals surface area contributed by atoms with Gasteiger partial charge in [-0.3, -0.25) is 4.79 Å². The van der Waals surface area contributed by atoms with E-state index in [2.05, 4.69) is 20.8 Å². The van der Waals surface area contributed by atoms with Crippen molar-refractivity contribution in [1.29, 1.82) is 0 Å². The third-order valence-corrected chi connectivity index (χ3v) is 3.82. The SMILES string of the molecule is C[C@H](C(=O)OC(C)(C)C(C)(C)C)c1ccccc1. The van der Waals surface area contributed by atoms with E-state index < -0.39 is 5.60 Å². The lowest BCUT2D eigenvalue weighted by Gasteiger charge is -2.38. The number of carbonyl (C=O) groups is 1. The maximum Gasteiger partial charge on any atom is 0.313 e. The lowest BCUT2D eigenvalue weighted by molar-refractivity contribution is -0.168. The Hall–Kier alpha value is -1.31. The molecule has 100 valence electrons. The van der Waals surface area contributed by atoms with Crippen molar-refractivity contribution >= 4 is 5.97 Å². The molecule has 0 saturated heterocycles. The van der Waals surface area contributed by atoms with Crippen LogP contribution in [0.15, 0.2) is 30.3 Å². The van der Waals surface area contributed by atoms with Gasteiger partial charge < -0.3 is 4.74 Å². The van der Waals surface area contributed by atoms with Crippen LogP contribution in [0, 0.1) is 5.41 Å². The van der Waals surface area contributed by atoms with Crippen LogP contribution in [0.1, 0.15) is 53.0 Å². The van der Waals surface area contributed by atoms with E-state index in [1.165, 1.54) is 0 Å². The Morgan fingerprint density at radius 1 is 1.06 bits per heavy atom. The Morgan fingerprint density at radius 2 is 1.56 bits per heavy atom. The second-order valence-electron chi connectivity index (χ2n) is 6.31. The molecule has 0 aromatic heterocycles. The van der Waals surface area contributed by atoms with Crippen molar-refractivity contribution in [2.45, 2.75) is 53.1 Å². The van der Waals surface area contributed by atoms with E-state index >= 15 is 0 Å². The highest BCUT2D eigenvalue weighted by atomic mass is 16.6. The van der Waals surface area contributed by atoms with Crippen molar-refractivity contribution in [3.05, 3.63) is 35.9 Å². The second-order valence-corrected chi connectivity index (χ2v) is 6.31. The van der Waals surface area contributed by atoms with E-state index in [4.69, 9.17) is 4.74 Å². The van der Waals surface area contributed by atoms with Gasteiger partial charge in [-0.15, -0.1) is 0 Å². The highest BCUT2D eigenvalue weighted by Gasteiger charge is 2.37. The average Bonchev–Trinajstić information content (AvgIpc) is 2.27. The van der Waals surface area contributed by atoms with Crippen LogP contribution in [0.2, 0.25) is 0 Å². The summed E-state index contributed by atoms with van der Waals surface area (Å²) in [5.41, 5.74) is 0.429. The summed E-state index contributed by atoms with van der Waals surface area (Å²) in [7, 11) is 0. The Bertz CT molecular complexity index is 399. The van der Waals surface area contributed by atoms with E-state index in [9.17, 15) is 4.79 Å². The summed E-state index contributed by atoms with van der Waals surface area (Å²) in [4.78, 5) is 12.2. The molecule has 0 radical (unpaired) electrons. The monoisotopic (exact) mass is 248 g/mol. The van der Waals surface area contributed by atoms with Gasteiger partial charge in [0.05, 0.1) is 5.92 Å². The molecule has 0 fully saturated rings. The predicted octanol–water partition coefficient (Wildman–Crippen LogP) is 4.16. The first kappa shape index (κ1) is 14.7. The van der Waals surface area contributed by atoms with Gasteiger partial charge in [0.1, 0.15) is 5.60 Å². The molecule has 0 aliphatic rings. The van der Waals surface area contributed by atoms with E-state index in [1.54, 1.807) is 0 Å². The predicted molar refractivity (Wildman–Crippen MR) is 74.5 cm³/mol. The lowest BCUT2D eigenvalue weighted by atomic mass is 9.79. The summed E-state index contributed by atoms with van der Waals surface area (Å²) < 4.78 is 5.68. The van der Waals surface area contributed by atoms with Gasteiger partial charge in [-0.2, -0.15) is 0 Å². The Kier molecular flexibility index (Phi) is 4.20. The summed E-state index contributed by atoms with van der Waals surface area (Å²) in [5.74, 6) is -0.394.